The number of hydrogen-bond acceptors (Lipinski definition) is 0. The van der Waals surface area contributed by atoms with Crippen LogP contribution in [0.1, 0.15) is 79.6 Å². The lowest BCUT2D eigenvalue weighted by Crippen LogP contribution is -2.25. The van der Waals surface area contributed by atoms with Crippen LogP contribution in [0.25, 0.3) is 0 Å². The van der Waals surface area contributed by atoms with Crippen LogP contribution in [-0.2, 0) is 0 Å². The molecule has 1 atom stereocenters. The van der Waals surface area contributed by atoms with Crippen molar-refractivity contribution in [1.29, 1.82) is 0 Å². The van der Waals surface area contributed by atoms with Crippen LogP contribution in [0.2, 0.25) is 0 Å². The lowest BCUT2D eigenvalue weighted by Gasteiger charge is -2.33. The first kappa shape index (κ1) is 16.4. The maximum atomic E-state index is 3.19. The highest BCUT2D eigenvalue weighted by molar-refractivity contribution is 7.19. The summed E-state index contributed by atoms with van der Waals surface area (Å²) < 4.78 is 0. The molecule has 16 heavy (non-hydrogen) atoms. The summed E-state index contributed by atoms with van der Waals surface area (Å²) in [5, 5.41) is 0.510. The fourth-order valence-electron chi connectivity index (χ4n) is 2.82. The summed E-state index contributed by atoms with van der Waals surface area (Å²) in [4.78, 5) is 0. The minimum absolute atomic E-state index is 0.510. The molecule has 0 aromatic rings. The summed E-state index contributed by atoms with van der Waals surface area (Å²) in [5.74, 6) is 1.64. The summed E-state index contributed by atoms with van der Waals surface area (Å²) >= 11 is 0. The third-order valence-electron chi connectivity index (χ3n) is 3.16. The topological polar surface area (TPSA) is 0 Å². The third-order valence-corrected chi connectivity index (χ3v) is 3.92. The van der Waals surface area contributed by atoms with Gasteiger partial charge in [-0.3, -0.25) is 0 Å². The number of rotatable bonds is 9. The van der Waals surface area contributed by atoms with E-state index < -0.39 is 0 Å². The molecule has 0 amide bonds. The van der Waals surface area contributed by atoms with Crippen LogP contribution in [0.15, 0.2) is 0 Å². The van der Waals surface area contributed by atoms with Crippen LogP contribution in [-0.4, -0.2) is 5.16 Å². The Hall–Kier alpha value is 0.430. The first-order valence-corrected chi connectivity index (χ1v) is 7.76. The largest absolute Gasteiger partial charge is 0.131 e. The lowest BCUT2D eigenvalue weighted by atomic mass is 9.84. The van der Waals surface area contributed by atoms with E-state index in [9.17, 15) is 0 Å². The quantitative estimate of drug-likeness (QED) is 0.362. The van der Waals surface area contributed by atoms with Gasteiger partial charge in [0.05, 0.1) is 0 Å². The Bertz CT molecular complexity index is 151. The molecule has 0 rings (SSSR count). The number of unbranched alkanes of at least 4 members (excludes halogenated alkanes) is 3. The van der Waals surface area contributed by atoms with Crippen LogP contribution in [0, 0.1) is 11.8 Å². The van der Waals surface area contributed by atoms with Gasteiger partial charge < -0.3 is 0 Å². The van der Waals surface area contributed by atoms with Crippen molar-refractivity contribution in [3.63, 3.8) is 0 Å². The van der Waals surface area contributed by atoms with Crippen molar-refractivity contribution < 1.29 is 0 Å². The molecule has 0 aromatic heterocycles. The molecule has 1 unspecified atom stereocenters. The second kappa shape index (κ2) is 8.51. The molecule has 0 fully saturated rings. The molecule has 0 saturated heterocycles. The van der Waals surface area contributed by atoms with Crippen molar-refractivity contribution in [3.05, 3.63) is 0 Å². The maximum Gasteiger partial charge on any atom is -0.0145 e. The summed E-state index contributed by atoms with van der Waals surface area (Å²) in [7, 11) is 3.19. The van der Waals surface area contributed by atoms with Gasteiger partial charge in [-0.15, -0.1) is 9.24 Å². The van der Waals surface area contributed by atoms with Gasteiger partial charge in [-0.1, -0.05) is 60.3 Å². The Kier molecular flexibility index (Phi) is 8.74. The van der Waals surface area contributed by atoms with Crippen molar-refractivity contribution in [3.8, 4) is 0 Å². The molecule has 0 bridgehead atoms. The van der Waals surface area contributed by atoms with Gasteiger partial charge in [0.25, 0.3) is 0 Å². The van der Waals surface area contributed by atoms with Crippen molar-refractivity contribution in [2.45, 2.75) is 84.7 Å². The average molecular weight is 244 g/mol. The highest BCUT2D eigenvalue weighted by Gasteiger charge is 2.26. The molecule has 0 heterocycles. The fraction of sp³-hybridized carbons (Fsp3) is 1.00. The van der Waals surface area contributed by atoms with Crippen LogP contribution in [0.3, 0.4) is 0 Å². The van der Waals surface area contributed by atoms with Crippen molar-refractivity contribution >= 4 is 9.24 Å². The van der Waals surface area contributed by atoms with Gasteiger partial charge in [0, 0.05) is 0 Å². The Labute approximate surface area is 106 Å². The zero-order chi connectivity index (χ0) is 12.6. The standard InChI is InChI=1S/C15H33P/c1-6-7-8-9-10-15(16,11-13(2)3)12-14(4)5/h13-14H,6-12,16H2,1-5H3. The van der Waals surface area contributed by atoms with E-state index in [4.69, 9.17) is 0 Å². The molecular weight excluding hydrogens is 211 g/mol. The van der Waals surface area contributed by atoms with Gasteiger partial charge >= 0.3 is 0 Å². The van der Waals surface area contributed by atoms with Crippen molar-refractivity contribution in [2.24, 2.45) is 11.8 Å². The first-order valence-electron chi connectivity index (χ1n) is 7.18. The molecule has 0 aliphatic carbocycles. The second-order valence-electron chi connectivity index (χ2n) is 6.37. The van der Waals surface area contributed by atoms with E-state index in [-0.39, 0.29) is 0 Å². The summed E-state index contributed by atoms with van der Waals surface area (Å²) in [6, 6.07) is 0. The van der Waals surface area contributed by atoms with Crippen LogP contribution < -0.4 is 0 Å². The van der Waals surface area contributed by atoms with E-state index in [1.165, 1.54) is 44.9 Å². The SMILES string of the molecule is CCCCCCC(P)(CC(C)C)CC(C)C. The van der Waals surface area contributed by atoms with E-state index in [1.807, 2.05) is 0 Å². The predicted octanol–water partition coefficient (Wildman–Crippen LogP) is 5.66. The minimum Gasteiger partial charge on any atom is -0.131 e. The molecular formula is C15H33P. The van der Waals surface area contributed by atoms with Crippen LogP contribution in [0.5, 0.6) is 0 Å². The molecule has 0 nitrogen and oxygen atoms in total. The van der Waals surface area contributed by atoms with Gasteiger partial charge in [-0.2, -0.15) is 0 Å². The number of hydrogen-bond donors (Lipinski definition) is 0. The Morgan fingerprint density at radius 1 is 0.875 bits per heavy atom. The van der Waals surface area contributed by atoms with Gasteiger partial charge in [-0.25, -0.2) is 0 Å². The maximum absolute atomic E-state index is 3.19. The molecule has 0 spiro atoms. The minimum atomic E-state index is 0.510. The fourth-order valence-corrected chi connectivity index (χ4v) is 3.96. The summed E-state index contributed by atoms with van der Waals surface area (Å²) in [6.07, 6.45) is 9.71. The zero-order valence-corrected chi connectivity index (χ0v) is 13.3. The monoisotopic (exact) mass is 244 g/mol. The lowest BCUT2D eigenvalue weighted by molar-refractivity contribution is 0.351. The smallest absolute Gasteiger partial charge is 0.0145 e. The van der Waals surface area contributed by atoms with Gasteiger partial charge in [-0.05, 0) is 36.3 Å². The molecule has 0 N–H and O–H groups in total. The van der Waals surface area contributed by atoms with E-state index in [0.717, 1.165) is 11.8 Å². The van der Waals surface area contributed by atoms with E-state index in [2.05, 4.69) is 43.9 Å². The van der Waals surface area contributed by atoms with Crippen molar-refractivity contribution in [1.82, 2.24) is 0 Å². The van der Waals surface area contributed by atoms with E-state index >= 15 is 0 Å². The molecule has 98 valence electrons. The van der Waals surface area contributed by atoms with Gasteiger partial charge in [0.1, 0.15) is 0 Å². The molecule has 0 aliphatic rings. The van der Waals surface area contributed by atoms with Gasteiger partial charge in [0.15, 0.2) is 0 Å². The summed E-state index contributed by atoms with van der Waals surface area (Å²) in [5.41, 5.74) is 0. The van der Waals surface area contributed by atoms with E-state index in [0.29, 0.717) is 5.16 Å². The first-order chi connectivity index (χ1) is 7.39. The molecule has 0 radical (unpaired) electrons. The normalized spacial score (nSPS) is 12.8. The highest BCUT2D eigenvalue weighted by atomic mass is 31.0. The van der Waals surface area contributed by atoms with E-state index in [1.54, 1.807) is 0 Å². The molecule has 1 heteroatoms. The third kappa shape index (κ3) is 8.57. The summed E-state index contributed by atoms with van der Waals surface area (Å²) in [6.45, 7) is 11.7. The Balaban J connectivity index is 4.08. The Morgan fingerprint density at radius 3 is 1.75 bits per heavy atom. The zero-order valence-electron chi connectivity index (χ0n) is 12.2. The van der Waals surface area contributed by atoms with Crippen LogP contribution >= 0.6 is 9.24 Å². The highest BCUT2D eigenvalue weighted by Crippen LogP contribution is 2.38. The predicted molar refractivity (Wildman–Crippen MR) is 80.1 cm³/mol. The van der Waals surface area contributed by atoms with Gasteiger partial charge in [0.2, 0.25) is 0 Å². The Morgan fingerprint density at radius 2 is 1.38 bits per heavy atom. The molecule has 0 saturated carbocycles. The van der Waals surface area contributed by atoms with Crippen LogP contribution in [0.4, 0.5) is 0 Å². The average Bonchev–Trinajstić information content (AvgIpc) is 2.09. The van der Waals surface area contributed by atoms with Crippen molar-refractivity contribution in [2.75, 3.05) is 0 Å². The molecule has 0 aromatic carbocycles. The second-order valence-corrected chi connectivity index (χ2v) is 7.59. The molecule has 0 aliphatic heterocycles.